The number of nitrogens with zero attached hydrogens (tertiary/aromatic N) is 2. The minimum atomic E-state index is -0.316. The monoisotopic (exact) mass is 207 g/mol. The number of urea groups is 1. The molecule has 0 bridgehead atoms. The number of carbonyl (C=O) groups excluding carboxylic acids is 1. The van der Waals surface area contributed by atoms with E-state index in [0.717, 1.165) is 6.42 Å². The predicted molar refractivity (Wildman–Crippen MR) is 60.4 cm³/mol. The van der Waals surface area contributed by atoms with E-state index in [-0.39, 0.29) is 18.1 Å². The molecule has 4 heteroatoms. The smallest absolute Gasteiger partial charge is 0.346 e. The van der Waals surface area contributed by atoms with Gasteiger partial charge < -0.3 is 5.73 Å². The van der Waals surface area contributed by atoms with Crippen molar-refractivity contribution in [1.29, 1.82) is 0 Å². The molecule has 0 aromatic heterocycles. The van der Waals surface area contributed by atoms with Crippen LogP contribution in [0.4, 0.5) is 4.79 Å². The Kier molecular flexibility index (Phi) is 3.35. The Morgan fingerprint density at radius 2 is 2.20 bits per heavy atom. The summed E-state index contributed by atoms with van der Waals surface area (Å²) in [5, 5.41) is 0. The van der Waals surface area contributed by atoms with E-state index in [1.54, 1.807) is 11.8 Å². The lowest BCUT2D eigenvalue weighted by atomic mass is 10.0. The minimum absolute atomic E-state index is 0.136. The first-order valence-electron chi connectivity index (χ1n) is 5.09. The summed E-state index contributed by atoms with van der Waals surface area (Å²) in [5.74, 6) is 3.37. The number of nitrogens with two attached hydrogens (primary N) is 1. The molecule has 0 saturated heterocycles. The number of carbonyl (C=O) groups is 1. The molecule has 1 heterocycles. The van der Waals surface area contributed by atoms with E-state index in [4.69, 9.17) is 12.2 Å². The van der Waals surface area contributed by atoms with Crippen molar-refractivity contribution in [2.45, 2.75) is 39.3 Å². The molecular formula is C11H17N3O. The molecule has 1 rings (SSSR count). The summed E-state index contributed by atoms with van der Waals surface area (Å²) < 4.78 is 0. The zero-order valence-electron chi connectivity index (χ0n) is 9.40. The van der Waals surface area contributed by atoms with Crippen LogP contribution >= 0.6 is 0 Å². The van der Waals surface area contributed by atoms with Crippen LogP contribution in [0.25, 0.3) is 0 Å². The van der Waals surface area contributed by atoms with Gasteiger partial charge >= 0.3 is 6.03 Å². The number of aliphatic imine (C=N–C) groups is 1. The number of hydrogen-bond acceptors (Lipinski definition) is 2. The first-order chi connectivity index (χ1) is 6.97. The van der Waals surface area contributed by atoms with Crippen molar-refractivity contribution in [3.8, 4) is 12.3 Å². The number of terminal acetylenes is 1. The van der Waals surface area contributed by atoms with Gasteiger partial charge in [0.25, 0.3) is 0 Å². The molecule has 15 heavy (non-hydrogen) atoms. The van der Waals surface area contributed by atoms with Gasteiger partial charge in [0.1, 0.15) is 5.84 Å². The summed E-state index contributed by atoms with van der Waals surface area (Å²) in [6, 6.07) is -0.710. The van der Waals surface area contributed by atoms with Crippen LogP contribution in [-0.4, -0.2) is 28.9 Å². The standard InChI is InChI=1S/C11H17N3O/c1-5-8(4)14-9(6-7(2)3)10(12)13-11(14)15/h1,7-9H,6H2,2-4H3,(H2,12,13,15). The van der Waals surface area contributed by atoms with Crippen molar-refractivity contribution in [2.75, 3.05) is 0 Å². The van der Waals surface area contributed by atoms with Crippen LogP contribution in [0.3, 0.4) is 0 Å². The van der Waals surface area contributed by atoms with Crippen LogP contribution in [0.2, 0.25) is 0 Å². The topological polar surface area (TPSA) is 58.7 Å². The summed E-state index contributed by atoms with van der Waals surface area (Å²) in [6.07, 6.45) is 6.12. The molecule has 82 valence electrons. The Bertz CT molecular complexity index is 327. The van der Waals surface area contributed by atoms with Crippen LogP contribution in [0, 0.1) is 18.3 Å². The van der Waals surface area contributed by atoms with Gasteiger partial charge in [-0.25, -0.2) is 4.79 Å². The second-order valence-electron chi connectivity index (χ2n) is 4.21. The van der Waals surface area contributed by atoms with E-state index < -0.39 is 0 Å². The first-order valence-corrected chi connectivity index (χ1v) is 5.09. The van der Waals surface area contributed by atoms with Crippen LogP contribution < -0.4 is 5.73 Å². The van der Waals surface area contributed by atoms with Crippen LogP contribution in [-0.2, 0) is 0 Å². The second kappa shape index (κ2) is 4.35. The lowest BCUT2D eigenvalue weighted by Gasteiger charge is -2.28. The lowest BCUT2D eigenvalue weighted by molar-refractivity contribution is 0.192. The van der Waals surface area contributed by atoms with Gasteiger partial charge in [0.2, 0.25) is 0 Å². The molecular weight excluding hydrogens is 190 g/mol. The van der Waals surface area contributed by atoms with Crippen LogP contribution in [0.15, 0.2) is 4.99 Å². The molecule has 2 unspecified atom stereocenters. The normalized spacial score (nSPS) is 22.9. The third-order valence-electron chi connectivity index (χ3n) is 2.48. The van der Waals surface area contributed by atoms with E-state index in [9.17, 15) is 4.79 Å². The summed E-state index contributed by atoms with van der Waals surface area (Å²) in [5.41, 5.74) is 5.72. The third kappa shape index (κ3) is 2.30. The van der Waals surface area contributed by atoms with Crippen molar-refractivity contribution >= 4 is 11.9 Å². The van der Waals surface area contributed by atoms with E-state index in [2.05, 4.69) is 24.8 Å². The summed E-state index contributed by atoms with van der Waals surface area (Å²) in [6.45, 7) is 5.96. The molecule has 1 aliphatic rings. The molecule has 1 aliphatic heterocycles. The highest BCUT2D eigenvalue weighted by molar-refractivity contribution is 6.03. The number of rotatable bonds is 3. The van der Waals surface area contributed by atoms with Gasteiger partial charge in [0.05, 0.1) is 12.1 Å². The van der Waals surface area contributed by atoms with Gasteiger partial charge in [-0.15, -0.1) is 6.42 Å². The molecule has 0 saturated carbocycles. The molecule has 0 aromatic rings. The van der Waals surface area contributed by atoms with E-state index >= 15 is 0 Å². The van der Waals surface area contributed by atoms with Gasteiger partial charge in [-0.3, -0.25) is 4.90 Å². The molecule has 0 aromatic carbocycles. The van der Waals surface area contributed by atoms with E-state index in [0.29, 0.717) is 11.8 Å². The molecule has 2 atom stereocenters. The van der Waals surface area contributed by atoms with E-state index in [1.165, 1.54) is 0 Å². The lowest BCUT2D eigenvalue weighted by Crippen LogP contribution is -2.45. The number of amidine groups is 1. The van der Waals surface area contributed by atoms with Gasteiger partial charge in [-0.2, -0.15) is 4.99 Å². The van der Waals surface area contributed by atoms with Gasteiger partial charge in [0.15, 0.2) is 0 Å². The highest BCUT2D eigenvalue weighted by atomic mass is 16.2. The quantitative estimate of drug-likeness (QED) is 0.707. The fraction of sp³-hybridized carbons (Fsp3) is 0.636. The van der Waals surface area contributed by atoms with E-state index in [1.807, 2.05) is 0 Å². The first kappa shape index (κ1) is 11.6. The fourth-order valence-electron chi connectivity index (χ4n) is 1.72. The number of amides is 2. The number of hydrogen-bond donors (Lipinski definition) is 1. The van der Waals surface area contributed by atoms with Crippen molar-refractivity contribution in [2.24, 2.45) is 16.6 Å². The predicted octanol–water partition coefficient (Wildman–Crippen LogP) is 1.22. The van der Waals surface area contributed by atoms with Gasteiger partial charge in [-0.1, -0.05) is 19.8 Å². The Balaban J connectivity index is 2.86. The summed E-state index contributed by atoms with van der Waals surface area (Å²) in [4.78, 5) is 16.9. The Morgan fingerprint density at radius 1 is 1.60 bits per heavy atom. The molecule has 0 radical (unpaired) electrons. The minimum Gasteiger partial charge on any atom is -0.385 e. The summed E-state index contributed by atoms with van der Waals surface area (Å²) >= 11 is 0. The maximum absolute atomic E-state index is 11.5. The second-order valence-corrected chi connectivity index (χ2v) is 4.21. The van der Waals surface area contributed by atoms with Crippen molar-refractivity contribution in [3.63, 3.8) is 0 Å². The Labute approximate surface area is 90.5 Å². The zero-order valence-corrected chi connectivity index (χ0v) is 9.40. The Hall–Kier alpha value is -1.50. The zero-order chi connectivity index (χ0) is 11.6. The molecule has 2 N–H and O–H groups in total. The highest BCUT2D eigenvalue weighted by Crippen LogP contribution is 2.20. The molecule has 4 nitrogen and oxygen atoms in total. The van der Waals surface area contributed by atoms with Crippen LogP contribution in [0.1, 0.15) is 27.2 Å². The molecule has 0 spiro atoms. The maximum Gasteiger partial charge on any atom is 0.346 e. The summed E-state index contributed by atoms with van der Waals surface area (Å²) in [7, 11) is 0. The molecule has 2 amide bonds. The van der Waals surface area contributed by atoms with Crippen molar-refractivity contribution in [3.05, 3.63) is 0 Å². The average Bonchev–Trinajstić information content (AvgIpc) is 2.40. The average molecular weight is 207 g/mol. The molecule has 0 fully saturated rings. The largest absolute Gasteiger partial charge is 0.385 e. The van der Waals surface area contributed by atoms with Crippen molar-refractivity contribution in [1.82, 2.24) is 4.90 Å². The van der Waals surface area contributed by atoms with Crippen molar-refractivity contribution < 1.29 is 4.79 Å². The third-order valence-corrected chi connectivity index (χ3v) is 2.48. The fourth-order valence-corrected chi connectivity index (χ4v) is 1.72. The van der Waals surface area contributed by atoms with Crippen LogP contribution in [0.5, 0.6) is 0 Å². The van der Waals surface area contributed by atoms with Gasteiger partial charge in [0, 0.05) is 0 Å². The van der Waals surface area contributed by atoms with Gasteiger partial charge in [-0.05, 0) is 19.3 Å². The molecule has 0 aliphatic carbocycles. The maximum atomic E-state index is 11.5. The highest BCUT2D eigenvalue weighted by Gasteiger charge is 2.36. The SMILES string of the molecule is C#CC(C)N1C(=O)N=C(N)C1CC(C)C. The Morgan fingerprint density at radius 3 is 2.67 bits per heavy atom.